The van der Waals surface area contributed by atoms with Gasteiger partial charge in [-0.15, -0.1) is 6.58 Å². The minimum absolute atomic E-state index is 0.000556. The summed E-state index contributed by atoms with van der Waals surface area (Å²) in [6.07, 6.45) is 1.64. The largest absolute Gasteiger partial charge is 0.370 e. The maximum atomic E-state index is 11.0. The van der Waals surface area contributed by atoms with Crippen LogP contribution in [-0.2, 0) is 14.4 Å². The molecule has 0 aliphatic heterocycles. The summed E-state index contributed by atoms with van der Waals surface area (Å²) in [6.45, 7) is 3.46. The summed E-state index contributed by atoms with van der Waals surface area (Å²) >= 11 is 0. The van der Waals surface area contributed by atoms with Crippen LogP contribution in [0.3, 0.4) is 0 Å². The highest BCUT2D eigenvalue weighted by atomic mass is 16.2. The Balaban J connectivity index is 4.50. The van der Waals surface area contributed by atoms with Gasteiger partial charge in [0.15, 0.2) is 0 Å². The van der Waals surface area contributed by atoms with E-state index >= 15 is 0 Å². The summed E-state index contributed by atoms with van der Waals surface area (Å²) in [7, 11) is 0. The second kappa shape index (κ2) is 6.60. The molecule has 0 radical (unpaired) electrons. The van der Waals surface area contributed by atoms with Gasteiger partial charge in [0.05, 0.1) is 5.92 Å². The van der Waals surface area contributed by atoms with E-state index in [0.29, 0.717) is 0 Å². The van der Waals surface area contributed by atoms with Crippen molar-refractivity contribution in [3.8, 4) is 0 Å². The Morgan fingerprint density at radius 1 is 1.06 bits per heavy atom. The zero-order valence-electron chi connectivity index (χ0n) is 9.02. The Bertz CT molecular complexity index is 286. The summed E-state index contributed by atoms with van der Waals surface area (Å²) in [5, 5.41) is 0. The Morgan fingerprint density at radius 2 is 1.50 bits per heavy atom. The fourth-order valence-electron chi connectivity index (χ4n) is 1.50. The van der Waals surface area contributed by atoms with E-state index in [1.54, 1.807) is 0 Å². The lowest BCUT2D eigenvalue weighted by Crippen LogP contribution is -2.28. The van der Waals surface area contributed by atoms with Gasteiger partial charge in [0.1, 0.15) is 0 Å². The predicted octanol–water partition coefficient (Wildman–Crippen LogP) is -0.969. The van der Waals surface area contributed by atoms with Crippen molar-refractivity contribution in [2.45, 2.75) is 19.3 Å². The smallest absolute Gasteiger partial charge is 0.224 e. The van der Waals surface area contributed by atoms with Crippen molar-refractivity contribution in [1.29, 1.82) is 0 Å². The van der Waals surface area contributed by atoms with Gasteiger partial charge in [-0.2, -0.15) is 0 Å². The molecule has 16 heavy (non-hydrogen) atoms. The van der Waals surface area contributed by atoms with E-state index in [1.165, 1.54) is 6.08 Å². The molecule has 3 amide bonds. The van der Waals surface area contributed by atoms with E-state index in [2.05, 4.69) is 6.58 Å². The number of hydrogen-bond donors (Lipinski definition) is 3. The Morgan fingerprint density at radius 3 is 1.75 bits per heavy atom. The summed E-state index contributed by atoms with van der Waals surface area (Å²) in [4.78, 5) is 32.5. The summed E-state index contributed by atoms with van der Waals surface area (Å²) in [5.41, 5.74) is 15.2. The molecular weight excluding hydrogens is 210 g/mol. The standard InChI is InChI=1S/C10H17N3O3/c1-2-7(10(13)16)3-6(4-8(11)14)5-9(12)15/h2,6-7H,1,3-5H2,(H2,11,14)(H2,12,15)(H2,13,16). The molecule has 0 fully saturated rings. The van der Waals surface area contributed by atoms with Crippen LogP contribution >= 0.6 is 0 Å². The minimum Gasteiger partial charge on any atom is -0.370 e. The molecule has 6 heteroatoms. The summed E-state index contributed by atoms with van der Waals surface area (Å²) in [5.74, 6) is -2.58. The van der Waals surface area contributed by atoms with E-state index in [0.717, 1.165) is 0 Å². The lowest BCUT2D eigenvalue weighted by Gasteiger charge is -2.16. The van der Waals surface area contributed by atoms with Crippen LogP contribution in [0.5, 0.6) is 0 Å². The van der Waals surface area contributed by atoms with Gasteiger partial charge in [0, 0.05) is 12.8 Å². The third kappa shape index (κ3) is 5.79. The SMILES string of the molecule is C=CC(CC(CC(N)=O)CC(N)=O)C(N)=O. The van der Waals surface area contributed by atoms with Gasteiger partial charge in [0.2, 0.25) is 17.7 Å². The molecule has 6 nitrogen and oxygen atoms in total. The number of hydrogen-bond acceptors (Lipinski definition) is 3. The molecule has 0 heterocycles. The van der Waals surface area contributed by atoms with E-state index in [9.17, 15) is 14.4 Å². The van der Waals surface area contributed by atoms with Crippen LogP contribution in [0, 0.1) is 11.8 Å². The second-order valence-corrected chi connectivity index (χ2v) is 3.69. The summed E-state index contributed by atoms with van der Waals surface area (Å²) in [6, 6.07) is 0. The van der Waals surface area contributed by atoms with Crippen molar-refractivity contribution in [3.05, 3.63) is 12.7 Å². The molecular formula is C10H17N3O3. The number of primary amides is 3. The minimum atomic E-state index is -0.580. The first-order valence-corrected chi connectivity index (χ1v) is 4.85. The zero-order chi connectivity index (χ0) is 12.7. The monoisotopic (exact) mass is 227 g/mol. The topological polar surface area (TPSA) is 129 Å². The van der Waals surface area contributed by atoms with Gasteiger partial charge in [0.25, 0.3) is 0 Å². The number of amides is 3. The van der Waals surface area contributed by atoms with E-state index in [-0.39, 0.29) is 25.2 Å². The lowest BCUT2D eigenvalue weighted by atomic mass is 9.89. The fourth-order valence-corrected chi connectivity index (χ4v) is 1.50. The maximum absolute atomic E-state index is 11.0. The molecule has 0 saturated carbocycles. The van der Waals surface area contributed by atoms with Gasteiger partial charge < -0.3 is 17.2 Å². The molecule has 0 aromatic carbocycles. The molecule has 6 N–H and O–H groups in total. The fraction of sp³-hybridized carbons (Fsp3) is 0.500. The molecule has 1 atom stereocenters. The number of nitrogens with two attached hydrogens (primary N) is 3. The molecule has 1 unspecified atom stereocenters. The van der Waals surface area contributed by atoms with Crippen molar-refractivity contribution in [2.24, 2.45) is 29.0 Å². The number of rotatable bonds is 8. The van der Waals surface area contributed by atoms with Gasteiger partial charge in [-0.1, -0.05) is 6.08 Å². The van der Waals surface area contributed by atoms with E-state index < -0.39 is 23.6 Å². The first kappa shape index (κ1) is 14.2. The van der Waals surface area contributed by atoms with E-state index in [1.807, 2.05) is 0 Å². The third-order valence-electron chi connectivity index (χ3n) is 2.22. The van der Waals surface area contributed by atoms with Gasteiger partial charge >= 0.3 is 0 Å². The number of carbonyl (C=O) groups is 3. The molecule has 0 spiro atoms. The van der Waals surface area contributed by atoms with Crippen LogP contribution in [0.2, 0.25) is 0 Å². The molecule has 0 aliphatic rings. The lowest BCUT2D eigenvalue weighted by molar-refractivity contribution is -0.124. The average Bonchev–Trinajstić information content (AvgIpc) is 2.11. The van der Waals surface area contributed by atoms with Crippen molar-refractivity contribution in [3.63, 3.8) is 0 Å². The normalized spacial score (nSPS) is 12.1. The molecule has 90 valence electrons. The van der Waals surface area contributed by atoms with Crippen molar-refractivity contribution < 1.29 is 14.4 Å². The van der Waals surface area contributed by atoms with Crippen LogP contribution < -0.4 is 17.2 Å². The average molecular weight is 227 g/mol. The van der Waals surface area contributed by atoms with Crippen molar-refractivity contribution in [1.82, 2.24) is 0 Å². The van der Waals surface area contributed by atoms with Crippen LogP contribution in [-0.4, -0.2) is 17.7 Å². The Hall–Kier alpha value is -1.85. The maximum Gasteiger partial charge on any atom is 0.224 e. The third-order valence-corrected chi connectivity index (χ3v) is 2.22. The summed E-state index contributed by atoms with van der Waals surface area (Å²) < 4.78 is 0. The highest BCUT2D eigenvalue weighted by Crippen LogP contribution is 2.19. The predicted molar refractivity (Wildman–Crippen MR) is 58.6 cm³/mol. The first-order valence-electron chi connectivity index (χ1n) is 4.85. The van der Waals surface area contributed by atoms with Gasteiger partial charge in [-0.3, -0.25) is 14.4 Å². The Labute approximate surface area is 93.8 Å². The zero-order valence-corrected chi connectivity index (χ0v) is 9.02. The van der Waals surface area contributed by atoms with Gasteiger partial charge in [-0.05, 0) is 12.3 Å². The molecule has 0 aromatic rings. The first-order chi connectivity index (χ1) is 7.36. The molecule has 0 aliphatic carbocycles. The van der Waals surface area contributed by atoms with Crippen LogP contribution in [0.25, 0.3) is 0 Å². The van der Waals surface area contributed by atoms with Crippen molar-refractivity contribution >= 4 is 17.7 Å². The van der Waals surface area contributed by atoms with Crippen LogP contribution in [0.15, 0.2) is 12.7 Å². The quantitative estimate of drug-likeness (QED) is 0.461. The van der Waals surface area contributed by atoms with Crippen molar-refractivity contribution in [2.75, 3.05) is 0 Å². The van der Waals surface area contributed by atoms with Gasteiger partial charge in [-0.25, -0.2) is 0 Å². The Kier molecular flexibility index (Phi) is 5.84. The molecule has 0 rings (SSSR count). The molecule has 0 aromatic heterocycles. The van der Waals surface area contributed by atoms with E-state index in [4.69, 9.17) is 17.2 Å². The van der Waals surface area contributed by atoms with Crippen LogP contribution in [0.4, 0.5) is 0 Å². The number of carbonyl (C=O) groups excluding carboxylic acids is 3. The molecule has 0 saturated heterocycles. The highest BCUT2D eigenvalue weighted by Gasteiger charge is 2.21. The van der Waals surface area contributed by atoms with Crippen LogP contribution in [0.1, 0.15) is 19.3 Å². The second-order valence-electron chi connectivity index (χ2n) is 3.69. The molecule has 0 bridgehead atoms. The highest BCUT2D eigenvalue weighted by molar-refractivity contribution is 5.79.